The van der Waals surface area contributed by atoms with Crippen LogP contribution in [0.3, 0.4) is 0 Å². The summed E-state index contributed by atoms with van der Waals surface area (Å²) in [5.74, 6) is -0.364. The summed E-state index contributed by atoms with van der Waals surface area (Å²) >= 11 is 4.64. The molecule has 1 aromatic carbocycles. The summed E-state index contributed by atoms with van der Waals surface area (Å²) < 4.78 is 30.5. The number of hydrogen-bond acceptors (Lipinski definition) is 3. The van der Waals surface area contributed by atoms with E-state index in [-0.39, 0.29) is 18.2 Å². The Morgan fingerprint density at radius 3 is 2.65 bits per heavy atom. The molecular formula is C12H10ClF2N3O2. The van der Waals surface area contributed by atoms with Crippen LogP contribution in [0.2, 0.25) is 0 Å². The minimum Gasteiger partial charge on any atom is -0.420 e. The molecule has 0 fully saturated rings. The van der Waals surface area contributed by atoms with E-state index in [4.69, 9.17) is 0 Å². The maximum atomic E-state index is 12.4. The van der Waals surface area contributed by atoms with E-state index in [0.717, 1.165) is 0 Å². The number of ether oxygens (including phenoxy) is 1. The van der Waals surface area contributed by atoms with Crippen molar-refractivity contribution in [3.05, 3.63) is 43.0 Å². The van der Waals surface area contributed by atoms with Gasteiger partial charge in [0, 0.05) is 29.7 Å². The minimum atomic E-state index is -3.76. The van der Waals surface area contributed by atoms with E-state index in [1.807, 2.05) is 0 Å². The van der Waals surface area contributed by atoms with Crippen LogP contribution in [0.15, 0.2) is 43.0 Å². The van der Waals surface area contributed by atoms with Gasteiger partial charge in [-0.15, -0.1) is 8.78 Å². The highest BCUT2D eigenvalue weighted by Gasteiger charge is 2.27. The third-order valence-electron chi connectivity index (χ3n) is 2.26. The number of anilines is 1. The van der Waals surface area contributed by atoms with Crippen LogP contribution in [0, 0.1) is 0 Å². The lowest BCUT2D eigenvalue weighted by Crippen LogP contribution is -2.18. The second-order valence-corrected chi connectivity index (χ2v) is 4.30. The zero-order valence-electron chi connectivity index (χ0n) is 10.1. The highest BCUT2D eigenvalue weighted by molar-refractivity contribution is 6.20. The molecule has 0 aliphatic heterocycles. The van der Waals surface area contributed by atoms with E-state index in [9.17, 15) is 13.6 Å². The molecule has 0 bridgehead atoms. The summed E-state index contributed by atoms with van der Waals surface area (Å²) in [4.78, 5) is 15.5. The highest BCUT2D eigenvalue weighted by atomic mass is 35.5. The van der Waals surface area contributed by atoms with E-state index in [0.29, 0.717) is 5.69 Å². The maximum Gasteiger partial charge on any atom is 0.487 e. The van der Waals surface area contributed by atoms with Gasteiger partial charge < -0.3 is 14.6 Å². The Morgan fingerprint density at radius 2 is 2.10 bits per heavy atom. The van der Waals surface area contributed by atoms with Gasteiger partial charge in [0.15, 0.2) is 0 Å². The van der Waals surface area contributed by atoms with Crippen molar-refractivity contribution in [1.82, 2.24) is 9.55 Å². The predicted molar refractivity (Wildman–Crippen MR) is 68.7 cm³/mol. The van der Waals surface area contributed by atoms with E-state index in [2.05, 4.69) is 26.6 Å². The quantitative estimate of drug-likeness (QED) is 0.864. The van der Waals surface area contributed by atoms with Crippen LogP contribution in [-0.4, -0.2) is 21.0 Å². The first-order valence-corrected chi connectivity index (χ1v) is 5.91. The molecule has 2 aromatic rings. The van der Waals surface area contributed by atoms with Gasteiger partial charge in [0.25, 0.3) is 0 Å². The lowest BCUT2D eigenvalue weighted by Gasteiger charge is -2.11. The summed E-state index contributed by atoms with van der Waals surface area (Å²) in [7, 11) is 0. The van der Waals surface area contributed by atoms with Crippen molar-refractivity contribution in [2.75, 3.05) is 5.32 Å². The number of halogens is 3. The molecule has 1 N–H and O–H groups in total. The minimum absolute atomic E-state index is 0.0994. The summed E-state index contributed by atoms with van der Waals surface area (Å²) in [5.41, 5.74) is -3.30. The predicted octanol–water partition coefficient (Wildman–Crippen LogP) is 2.69. The zero-order valence-corrected chi connectivity index (χ0v) is 10.8. The fourth-order valence-electron chi connectivity index (χ4n) is 1.49. The molecule has 8 heteroatoms. The normalized spacial score (nSPS) is 11.2. The number of nitrogens with zero attached hydrogens (tertiary/aromatic N) is 2. The first kappa shape index (κ1) is 14.3. The third-order valence-corrected chi connectivity index (χ3v) is 2.33. The number of hydrogen-bond donors (Lipinski definition) is 1. The van der Waals surface area contributed by atoms with Crippen LogP contribution in [0.4, 0.5) is 14.5 Å². The first-order chi connectivity index (χ1) is 9.42. The third kappa shape index (κ3) is 4.51. The number of imidazole rings is 1. The Balaban J connectivity index is 1.92. The first-order valence-electron chi connectivity index (χ1n) is 5.54. The van der Waals surface area contributed by atoms with Crippen molar-refractivity contribution in [1.29, 1.82) is 0 Å². The summed E-state index contributed by atoms with van der Waals surface area (Å²) in [6, 6.07) is 5.43. The molecule has 2 rings (SSSR count). The van der Waals surface area contributed by atoms with Gasteiger partial charge in [-0.1, -0.05) is 0 Å². The molecule has 0 saturated carbocycles. The molecule has 0 radical (unpaired) electrons. The summed E-state index contributed by atoms with van der Waals surface area (Å²) in [5, 5.41) is 2.61. The fourth-order valence-corrected chi connectivity index (χ4v) is 1.58. The number of benzene rings is 1. The van der Waals surface area contributed by atoms with Gasteiger partial charge in [0.2, 0.25) is 5.91 Å². The Bertz CT molecular complexity index is 567. The average Bonchev–Trinajstić information content (AvgIpc) is 2.82. The van der Waals surface area contributed by atoms with Crippen molar-refractivity contribution in [3.63, 3.8) is 0 Å². The Hall–Kier alpha value is -2.15. The number of carbonyl (C=O) groups is 1. The lowest BCUT2D eigenvalue weighted by atomic mass is 10.3. The van der Waals surface area contributed by atoms with Crippen LogP contribution < -0.4 is 10.1 Å². The molecule has 1 amide bonds. The van der Waals surface area contributed by atoms with E-state index in [1.54, 1.807) is 17.0 Å². The van der Waals surface area contributed by atoms with Crippen molar-refractivity contribution < 1.29 is 18.3 Å². The van der Waals surface area contributed by atoms with Gasteiger partial charge in [-0.2, -0.15) is 0 Å². The molecule has 0 saturated heterocycles. The topological polar surface area (TPSA) is 56.2 Å². The molecule has 106 valence electrons. The van der Waals surface area contributed by atoms with Crippen LogP contribution in [0.1, 0.15) is 0 Å². The van der Waals surface area contributed by atoms with Gasteiger partial charge in [-0.3, -0.25) is 4.79 Å². The second-order valence-electron chi connectivity index (χ2n) is 3.86. The molecule has 5 nitrogen and oxygen atoms in total. The molecule has 1 aromatic heterocycles. The van der Waals surface area contributed by atoms with Gasteiger partial charge in [-0.25, -0.2) is 4.98 Å². The number of amides is 1. The van der Waals surface area contributed by atoms with Crippen LogP contribution in [0.5, 0.6) is 5.75 Å². The second kappa shape index (κ2) is 5.87. The molecular weight excluding hydrogens is 292 g/mol. The van der Waals surface area contributed by atoms with Crippen molar-refractivity contribution in [3.8, 4) is 5.75 Å². The Kier molecular flexibility index (Phi) is 4.19. The number of nitrogens with one attached hydrogen (secondary N) is 1. The van der Waals surface area contributed by atoms with Crippen LogP contribution in [-0.2, 0) is 11.3 Å². The Morgan fingerprint density at radius 1 is 1.40 bits per heavy atom. The van der Waals surface area contributed by atoms with Crippen LogP contribution >= 0.6 is 11.6 Å². The van der Waals surface area contributed by atoms with Gasteiger partial charge in [0.1, 0.15) is 12.3 Å². The molecule has 0 aliphatic carbocycles. The van der Waals surface area contributed by atoms with E-state index < -0.39 is 5.57 Å². The average molecular weight is 302 g/mol. The monoisotopic (exact) mass is 301 g/mol. The molecule has 0 unspecified atom stereocenters. The van der Waals surface area contributed by atoms with Gasteiger partial charge in [0.05, 0.1) is 6.33 Å². The van der Waals surface area contributed by atoms with Gasteiger partial charge in [-0.05, 0) is 24.3 Å². The van der Waals surface area contributed by atoms with E-state index in [1.165, 1.54) is 30.6 Å². The van der Waals surface area contributed by atoms with Crippen molar-refractivity contribution >= 4 is 23.2 Å². The SMILES string of the molecule is O=C(Cn1ccnc1)Nc1ccc(OC(F)(F)Cl)cc1. The number of carbonyl (C=O) groups excluding carboxylic acids is 1. The lowest BCUT2D eigenvalue weighted by molar-refractivity contribution is -0.116. The molecule has 0 atom stereocenters. The fraction of sp³-hybridized carbons (Fsp3) is 0.167. The number of aromatic nitrogens is 2. The van der Waals surface area contributed by atoms with Gasteiger partial charge >= 0.3 is 5.57 Å². The summed E-state index contributed by atoms with van der Waals surface area (Å²) in [6.07, 6.45) is 4.73. The highest BCUT2D eigenvalue weighted by Crippen LogP contribution is 2.25. The van der Waals surface area contributed by atoms with Crippen molar-refractivity contribution in [2.45, 2.75) is 12.1 Å². The van der Waals surface area contributed by atoms with Crippen LogP contribution in [0.25, 0.3) is 0 Å². The summed E-state index contributed by atoms with van der Waals surface area (Å²) in [6.45, 7) is 0.109. The van der Waals surface area contributed by atoms with Crippen molar-refractivity contribution in [2.24, 2.45) is 0 Å². The largest absolute Gasteiger partial charge is 0.487 e. The molecule has 1 heterocycles. The number of alkyl halides is 3. The maximum absolute atomic E-state index is 12.4. The zero-order chi connectivity index (χ0) is 14.6. The molecule has 20 heavy (non-hydrogen) atoms. The number of rotatable bonds is 5. The Labute approximate surface area is 118 Å². The standard InChI is InChI=1S/C12H10ClF2N3O2/c13-12(14,15)20-10-3-1-9(2-4-10)17-11(19)7-18-6-5-16-8-18/h1-6,8H,7H2,(H,17,19). The smallest absolute Gasteiger partial charge is 0.420 e. The molecule has 0 spiro atoms. The van der Waals surface area contributed by atoms with E-state index >= 15 is 0 Å². The molecule has 0 aliphatic rings.